The lowest BCUT2D eigenvalue weighted by atomic mass is 10.0. The molecule has 1 rings (SSSR count). The molecule has 0 N–H and O–H groups in total. The quantitative estimate of drug-likeness (QED) is 0.502. The molecule has 0 amide bonds. The van der Waals surface area contributed by atoms with Crippen LogP contribution < -0.4 is 0 Å². The van der Waals surface area contributed by atoms with E-state index in [-0.39, 0.29) is 0 Å². The molecule has 0 unspecified atom stereocenters. The lowest BCUT2D eigenvalue weighted by molar-refractivity contribution is 1.06. The largest absolute Gasteiger partial charge is 0.126 e. The van der Waals surface area contributed by atoms with Gasteiger partial charge in [-0.05, 0) is 44.4 Å². The van der Waals surface area contributed by atoms with Crippen LogP contribution in [0.25, 0.3) is 0 Å². The van der Waals surface area contributed by atoms with E-state index in [4.69, 9.17) is 0 Å². The van der Waals surface area contributed by atoms with E-state index in [1.54, 1.807) is 0 Å². The second-order valence-electron chi connectivity index (χ2n) is 4.18. The number of hydrogen-bond donors (Lipinski definition) is 0. The van der Waals surface area contributed by atoms with Crippen molar-refractivity contribution in [1.29, 1.82) is 0 Å². The second-order valence-corrected chi connectivity index (χ2v) is 4.18. The van der Waals surface area contributed by atoms with Crippen LogP contribution in [0.3, 0.4) is 0 Å². The fourth-order valence-electron chi connectivity index (χ4n) is 1.56. The summed E-state index contributed by atoms with van der Waals surface area (Å²) >= 11 is 0. The third-order valence-corrected chi connectivity index (χ3v) is 2.37. The van der Waals surface area contributed by atoms with Crippen LogP contribution in [0.15, 0.2) is 59.4 Å². The van der Waals surface area contributed by atoms with Gasteiger partial charge in [0.25, 0.3) is 0 Å². The van der Waals surface area contributed by atoms with Crippen LogP contribution in [0, 0.1) is 0 Å². The highest BCUT2D eigenvalue weighted by Crippen LogP contribution is 2.12. The van der Waals surface area contributed by atoms with Crippen molar-refractivity contribution in [3.8, 4) is 0 Å². The molecular formula is C16H20. The molecule has 0 aromatic heterocycles. The van der Waals surface area contributed by atoms with E-state index in [0.29, 0.717) is 0 Å². The van der Waals surface area contributed by atoms with Crippen molar-refractivity contribution in [3.63, 3.8) is 0 Å². The third kappa shape index (κ3) is 4.82. The van der Waals surface area contributed by atoms with Crippen molar-refractivity contribution in [3.05, 3.63) is 64.9 Å². The molecule has 0 saturated heterocycles. The summed E-state index contributed by atoms with van der Waals surface area (Å²) in [5.41, 5.74) is 7.40. The molecule has 0 heterocycles. The maximum atomic E-state index is 3.33. The van der Waals surface area contributed by atoms with Crippen LogP contribution in [-0.4, -0.2) is 0 Å². The van der Waals surface area contributed by atoms with Gasteiger partial charge < -0.3 is 0 Å². The van der Waals surface area contributed by atoms with Gasteiger partial charge in [0, 0.05) is 6.42 Å². The maximum absolute atomic E-state index is 3.33. The topological polar surface area (TPSA) is 0 Å². The Labute approximate surface area is 99.0 Å². The first kappa shape index (κ1) is 12.5. The van der Waals surface area contributed by atoms with Gasteiger partial charge in [-0.2, -0.15) is 0 Å². The monoisotopic (exact) mass is 212 g/mol. The van der Waals surface area contributed by atoms with Crippen LogP contribution in [0.1, 0.15) is 32.8 Å². The molecule has 0 aliphatic heterocycles. The Morgan fingerprint density at radius 2 is 1.88 bits per heavy atom. The van der Waals surface area contributed by atoms with Gasteiger partial charge in [0.1, 0.15) is 0 Å². The first-order chi connectivity index (χ1) is 7.72. The van der Waals surface area contributed by atoms with Gasteiger partial charge in [0.05, 0.1) is 0 Å². The maximum Gasteiger partial charge on any atom is 0.00122 e. The minimum Gasteiger partial charge on any atom is -0.126 e. The van der Waals surface area contributed by atoms with E-state index >= 15 is 0 Å². The second kappa shape index (κ2) is 6.87. The van der Waals surface area contributed by atoms with Crippen LogP contribution in [0.2, 0.25) is 0 Å². The van der Waals surface area contributed by atoms with Crippen molar-refractivity contribution in [1.82, 2.24) is 0 Å². The van der Waals surface area contributed by atoms with E-state index in [1.165, 1.54) is 16.7 Å². The lowest BCUT2D eigenvalue weighted by Gasteiger charge is -2.02. The fraction of sp³-hybridized carbons (Fsp3) is 0.312. The molecule has 0 heteroatoms. The van der Waals surface area contributed by atoms with Gasteiger partial charge in [-0.1, -0.05) is 42.0 Å². The normalized spacial score (nSPS) is 9.19. The molecule has 1 aromatic rings. The summed E-state index contributed by atoms with van der Waals surface area (Å²) in [6.45, 7) is 6.29. The summed E-state index contributed by atoms with van der Waals surface area (Å²) < 4.78 is 0. The van der Waals surface area contributed by atoms with Crippen LogP contribution >= 0.6 is 0 Å². The number of rotatable bonds is 4. The Morgan fingerprint density at radius 1 is 1.19 bits per heavy atom. The van der Waals surface area contributed by atoms with Crippen LogP contribution in [-0.2, 0) is 6.42 Å². The molecule has 84 valence electrons. The smallest absolute Gasteiger partial charge is 0.00122 e. The molecule has 0 radical (unpaired) electrons. The van der Waals surface area contributed by atoms with Gasteiger partial charge in [0.2, 0.25) is 0 Å². The minimum atomic E-state index is 0.995. The van der Waals surface area contributed by atoms with E-state index in [0.717, 1.165) is 12.8 Å². The first-order valence-electron chi connectivity index (χ1n) is 5.78. The molecular weight excluding hydrogens is 192 g/mol. The van der Waals surface area contributed by atoms with Gasteiger partial charge in [-0.25, -0.2) is 0 Å². The molecule has 0 nitrogen and oxygen atoms in total. The van der Waals surface area contributed by atoms with Gasteiger partial charge in [0.15, 0.2) is 0 Å². The number of allylic oxidation sites excluding steroid dienone is 3. The summed E-state index contributed by atoms with van der Waals surface area (Å²) in [6.07, 6.45) is 6.25. The van der Waals surface area contributed by atoms with Crippen LogP contribution in [0.4, 0.5) is 0 Å². The highest BCUT2D eigenvalue weighted by atomic mass is 14.0. The molecule has 0 bridgehead atoms. The van der Waals surface area contributed by atoms with Gasteiger partial charge >= 0.3 is 0 Å². The average Bonchev–Trinajstić information content (AvgIpc) is 2.27. The van der Waals surface area contributed by atoms with Crippen molar-refractivity contribution < 1.29 is 0 Å². The Hall–Kier alpha value is -1.52. The van der Waals surface area contributed by atoms with E-state index < -0.39 is 0 Å². The highest BCUT2D eigenvalue weighted by Gasteiger charge is 1.97. The Balaban J connectivity index is 2.74. The summed E-state index contributed by atoms with van der Waals surface area (Å²) in [7, 11) is 0. The molecule has 1 aromatic carbocycles. The number of hydrogen-bond acceptors (Lipinski definition) is 0. The predicted molar refractivity (Wildman–Crippen MR) is 71.5 cm³/mol. The van der Waals surface area contributed by atoms with Crippen molar-refractivity contribution in [2.24, 2.45) is 0 Å². The SMILES string of the molecule is CC=C=C(CC=C(C)C)Cc1ccccc1. The third-order valence-electron chi connectivity index (χ3n) is 2.37. The van der Waals surface area contributed by atoms with E-state index in [2.05, 4.69) is 56.0 Å². The standard InChI is InChI=1S/C16H20/c1-4-8-15(12-11-14(2)3)13-16-9-6-5-7-10-16/h4-7,9-11H,12-13H2,1-3H3. The minimum absolute atomic E-state index is 0.995. The Bertz CT molecular complexity index is 397. The fourth-order valence-corrected chi connectivity index (χ4v) is 1.56. The van der Waals surface area contributed by atoms with Crippen molar-refractivity contribution >= 4 is 0 Å². The van der Waals surface area contributed by atoms with E-state index in [9.17, 15) is 0 Å². The zero-order valence-corrected chi connectivity index (χ0v) is 10.5. The van der Waals surface area contributed by atoms with Crippen molar-refractivity contribution in [2.45, 2.75) is 33.6 Å². The van der Waals surface area contributed by atoms with Gasteiger partial charge in [-0.15, -0.1) is 5.73 Å². The average molecular weight is 212 g/mol. The molecule has 0 atom stereocenters. The Morgan fingerprint density at radius 3 is 2.44 bits per heavy atom. The summed E-state index contributed by atoms with van der Waals surface area (Å²) in [4.78, 5) is 0. The van der Waals surface area contributed by atoms with Gasteiger partial charge in [-0.3, -0.25) is 0 Å². The van der Waals surface area contributed by atoms with Crippen LogP contribution in [0.5, 0.6) is 0 Å². The zero-order chi connectivity index (χ0) is 11.8. The molecule has 0 aliphatic rings. The highest BCUT2D eigenvalue weighted by molar-refractivity contribution is 5.23. The summed E-state index contributed by atoms with van der Waals surface area (Å²) in [5.74, 6) is 0. The van der Waals surface area contributed by atoms with E-state index in [1.807, 2.05) is 13.0 Å². The molecule has 16 heavy (non-hydrogen) atoms. The van der Waals surface area contributed by atoms with Crippen molar-refractivity contribution in [2.75, 3.05) is 0 Å². The molecule has 0 saturated carbocycles. The number of benzene rings is 1. The summed E-state index contributed by atoms with van der Waals surface area (Å²) in [5, 5.41) is 0. The molecule has 0 fully saturated rings. The molecule has 0 spiro atoms. The summed E-state index contributed by atoms with van der Waals surface area (Å²) in [6, 6.07) is 10.6. The molecule has 0 aliphatic carbocycles. The Kier molecular flexibility index (Phi) is 5.39. The first-order valence-corrected chi connectivity index (χ1v) is 5.78. The zero-order valence-electron chi connectivity index (χ0n) is 10.5. The lowest BCUT2D eigenvalue weighted by Crippen LogP contribution is -1.88. The predicted octanol–water partition coefficient (Wildman–Crippen LogP) is 4.69.